The highest BCUT2D eigenvalue weighted by molar-refractivity contribution is 7.47. The van der Waals surface area contributed by atoms with E-state index in [9.17, 15) is 19.0 Å². The first-order chi connectivity index (χ1) is 33.3. The van der Waals surface area contributed by atoms with Crippen molar-refractivity contribution >= 4 is 19.8 Å². The molecule has 2 unspecified atom stereocenters. The van der Waals surface area contributed by atoms with E-state index in [4.69, 9.17) is 24.3 Å². The average Bonchev–Trinajstić information content (AvgIpc) is 3.33. The minimum Gasteiger partial charge on any atom is -0.462 e. The van der Waals surface area contributed by atoms with Crippen LogP contribution in [-0.4, -0.2) is 49.3 Å². The predicted molar refractivity (Wildman–Crippen MR) is 288 cm³/mol. The monoisotopic (exact) mass is 964 g/mol. The summed E-state index contributed by atoms with van der Waals surface area (Å²) in [5.41, 5.74) is 5.36. The topological polar surface area (TPSA) is 134 Å². The molecule has 384 valence electrons. The second kappa shape index (κ2) is 52.5. The number of allylic oxidation sites excluding steroid dienone is 22. The first kappa shape index (κ1) is 64.2. The molecule has 0 bridgehead atoms. The maximum atomic E-state index is 12.6. The van der Waals surface area contributed by atoms with E-state index in [1.54, 1.807) is 0 Å². The average molecular weight is 964 g/mol. The Balaban J connectivity index is 4.17. The van der Waals surface area contributed by atoms with Crippen LogP contribution >= 0.6 is 7.82 Å². The van der Waals surface area contributed by atoms with E-state index in [2.05, 4.69) is 148 Å². The summed E-state index contributed by atoms with van der Waals surface area (Å²) in [6.45, 7) is 3.53. The van der Waals surface area contributed by atoms with Gasteiger partial charge in [0.05, 0.1) is 13.2 Å². The highest BCUT2D eigenvalue weighted by Gasteiger charge is 2.26. The largest absolute Gasteiger partial charge is 0.472 e. The first-order valence-electron chi connectivity index (χ1n) is 26.2. The van der Waals surface area contributed by atoms with Crippen molar-refractivity contribution < 1.29 is 37.6 Å². The van der Waals surface area contributed by atoms with Crippen LogP contribution in [0, 0.1) is 0 Å². The molecule has 2 atom stereocenters. The van der Waals surface area contributed by atoms with Crippen LogP contribution in [0.3, 0.4) is 0 Å². The Morgan fingerprint density at radius 1 is 0.456 bits per heavy atom. The number of phosphoric ester groups is 1. The van der Waals surface area contributed by atoms with Gasteiger partial charge in [0.15, 0.2) is 6.10 Å². The Morgan fingerprint density at radius 2 is 0.809 bits per heavy atom. The Morgan fingerprint density at radius 3 is 1.25 bits per heavy atom. The molecule has 0 aliphatic heterocycles. The lowest BCUT2D eigenvalue weighted by Gasteiger charge is -2.19. The molecule has 0 aromatic heterocycles. The van der Waals surface area contributed by atoms with Gasteiger partial charge in [-0.1, -0.05) is 192 Å². The van der Waals surface area contributed by atoms with Crippen molar-refractivity contribution in [3.63, 3.8) is 0 Å². The van der Waals surface area contributed by atoms with Crippen molar-refractivity contribution in [3.05, 3.63) is 134 Å². The Kier molecular flexibility index (Phi) is 49.5. The van der Waals surface area contributed by atoms with E-state index >= 15 is 0 Å². The lowest BCUT2D eigenvalue weighted by Crippen LogP contribution is -2.29. The van der Waals surface area contributed by atoms with Crippen LogP contribution in [0.5, 0.6) is 0 Å². The van der Waals surface area contributed by atoms with Crippen LogP contribution in [0.4, 0.5) is 0 Å². The van der Waals surface area contributed by atoms with Gasteiger partial charge in [-0.15, -0.1) is 0 Å². The van der Waals surface area contributed by atoms with Crippen molar-refractivity contribution in [3.8, 4) is 0 Å². The zero-order chi connectivity index (χ0) is 49.5. The smallest absolute Gasteiger partial charge is 0.462 e. The zero-order valence-electron chi connectivity index (χ0n) is 42.5. The molecular weight excluding hydrogens is 870 g/mol. The minimum atomic E-state index is -4.41. The number of ether oxygens (including phenoxy) is 2. The molecule has 10 heteroatoms. The molecule has 0 saturated carbocycles. The molecule has 0 aromatic carbocycles. The van der Waals surface area contributed by atoms with Gasteiger partial charge in [-0.2, -0.15) is 0 Å². The van der Waals surface area contributed by atoms with E-state index in [1.807, 2.05) is 0 Å². The molecule has 3 N–H and O–H groups in total. The summed E-state index contributed by atoms with van der Waals surface area (Å²) in [7, 11) is -4.41. The number of esters is 2. The molecule has 68 heavy (non-hydrogen) atoms. The molecule has 9 nitrogen and oxygen atoms in total. The minimum absolute atomic E-state index is 0.0377. The molecule has 0 aliphatic carbocycles. The van der Waals surface area contributed by atoms with Crippen molar-refractivity contribution in [2.45, 2.75) is 193 Å². The van der Waals surface area contributed by atoms with Crippen LogP contribution in [0.2, 0.25) is 0 Å². The fraction of sp³-hybridized carbons (Fsp3) is 0.586. The summed E-state index contributed by atoms with van der Waals surface area (Å²) in [4.78, 5) is 35.0. The van der Waals surface area contributed by atoms with Gasteiger partial charge in [-0.05, 0) is 116 Å². The Hall–Kier alpha value is -3.85. The second-order valence-corrected chi connectivity index (χ2v) is 18.1. The number of phosphoric acid groups is 1. The van der Waals surface area contributed by atoms with Crippen molar-refractivity contribution in [2.75, 3.05) is 26.4 Å². The first-order valence-corrected chi connectivity index (χ1v) is 27.7. The van der Waals surface area contributed by atoms with Gasteiger partial charge in [0.1, 0.15) is 6.61 Å². The predicted octanol–water partition coefficient (Wildman–Crippen LogP) is 16.2. The Labute approximate surface area is 414 Å². The van der Waals surface area contributed by atoms with E-state index < -0.39 is 32.5 Å². The SMILES string of the molecule is CC/C=C\C/C=C\C/C=C\C/C=C\C/C=C\C/C=C\C/C=C\C/C=C\C/C=C\C/C=C\CCCCC(=O)OC(COC(=O)CCCCCCC/C=C\CCCCCCC)COP(=O)(O)OCCN. The number of unbranched alkanes of at least 4 members (excludes halogenated alkanes) is 12. The van der Waals surface area contributed by atoms with Crippen LogP contribution in [0.25, 0.3) is 0 Å². The summed E-state index contributed by atoms with van der Waals surface area (Å²) in [6.07, 6.45) is 73.6. The van der Waals surface area contributed by atoms with Crippen LogP contribution in [0.1, 0.15) is 187 Å². The van der Waals surface area contributed by atoms with Gasteiger partial charge >= 0.3 is 19.8 Å². The van der Waals surface area contributed by atoms with Gasteiger partial charge in [0.25, 0.3) is 0 Å². The van der Waals surface area contributed by atoms with Gasteiger partial charge in [0, 0.05) is 19.4 Å². The third-order valence-corrected chi connectivity index (χ3v) is 11.3. The number of nitrogens with two attached hydrogens (primary N) is 1. The lowest BCUT2D eigenvalue weighted by molar-refractivity contribution is -0.161. The number of rotatable bonds is 47. The molecule has 0 spiro atoms. The van der Waals surface area contributed by atoms with Crippen molar-refractivity contribution in [1.82, 2.24) is 0 Å². The molecular formula is C58H94NO8P. The molecule has 0 heterocycles. The third kappa shape index (κ3) is 51.5. The molecule has 0 fully saturated rings. The maximum Gasteiger partial charge on any atom is 0.472 e. The van der Waals surface area contributed by atoms with Gasteiger partial charge in [0.2, 0.25) is 0 Å². The molecule has 0 saturated heterocycles. The summed E-state index contributed by atoms with van der Waals surface area (Å²) >= 11 is 0. The summed E-state index contributed by atoms with van der Waals surface area (Å²) in [5, 5.41) is 0. The van der Waals surface area contributed by atoms with Crippen molar-refractivity contribution in [1.29, 1.82) is 0 Å². The second-order valence-electron chi connectivity index (χ2n) is 16.7. The fourth-order valence-electron chi connectivity index (χ4n) is 6.42. The summed E-state index contributed by atoms with van der Waals surface area (Å²) < 4.78 is 32.8. The van der Waals surface area contributed by atoms with E-state index in [-0.39, 0.29) is 32.6 Å². The van der Waals surface area contributed by atoms with E-state index in [0.717, 1.165) is 109 Å². The number of hydrogen-bond donors (Lipinski definition) is 2. The number of carbonyl (C=O) groups is 2. The molecule has 0 radical (unpaired) electrons. The van der Waals surface area contributed by atoms with Gasteiger partial charge in [-0.3, -0.25) is 18.6 Å². The van der Waals surface area contributed by atoms with Gasteiger partial charge in [-0.25, -0.2) is 4.57 Å². The third-order valence-electron chi connectivity index (χ3n) is 10.3. The highest BCUT2D eigenvalue weighted by Crippen LogP contribution is 2.43. The quantitative estimate of drug-likeness (QED) is 0.0265. The molecule has 0 aliphatic rings. The fourth-order valence-corrected chi connectivity index (χ4v) is 7.19. The number of carbonyl (C=O) groups excluding carboxylic acids is 2. The number of hydrogen-bond acceptors (Lipinski definition) is 8. The van der Waals surface area contributed by atoms with Crippen LogP contribution < -0.4 is 5.73 Å². The van der Waals surface area contributed by atoms with Crippen LogP contribution in [-0.2, 0) is 32.7 Å². The summed E-state index contributed by atoms with van der Waals surface area (Å²) in [6, 6.07) is 0. The molecule has 0 rings (SSSR count). The molecule has 0 aromatic rings. The highest BCUT2D eigenvalue weighted by atomic mass is 31.2. The van der Waals surface area contributed by atoms with E-state index in [1.165, 1.54) is 38.5 Å². The maximum absolute atomic E-state index is 12.6. The Bertz CT molecular complexity index is 1570. The molecule has 0 amide bonds. The lowest BCUT2D eigenvalue weighted by atomic mass is 10.1. The van der Waals surface area contributed by atoms with Crippen molar-refractivity contribution in [2.24, 2.45) is 5.73 Å². The normalized spacial score (nSPS) is 14.2. The zero-order valence-corrected chi connectivity index (χ0v) is 43.4. The van der Waals surface area contributed by atoms with E-state index in [0.29, 0.717) is 12.8 Å². The van der Waals surface area contributed by atoms with Crippen LogP contribution in [0.15, 0.2) is 134 Å². The standard InChI is InChI=1S/C58H94NO8P/c1-3-5-7-9-11-13-15-17-19-20-21-22-23-24-25-26-27-28-29-30-31-32-33-34-35-36-37-39-41-43-45-47-49-51-58(61)67-56(55-66-68(62,63)65-53-52-59)54-64-57(60)50-48-46-44-42-40-38-18-16-14-12-10-8-6-4-2/h5,7,11,13,16-19,21-22,24-25,27-28,30-31,33-34,36-37,41,43,56H,3-4,6,8-10,12,14-15,20,23,26,29,32,35,38-40,42,44-55,59H2,1-2H3,(H,62,63)/b7-5-,13-11-,18-16-,19-17-,22-21-,25-24-,28-27-,31-30-,34-33-,37-36-,43-41-. The van der Waals surface area contributed by atoms with Gasteiger partial charge < -0.3 is 20.1 Å². The summed E-state index contributed by atoms with van der Waals surface area (Å²) in [5.74, 6) is -0.901.